The Kier molecular flexibility index (Phi) is 6.59. The second-order valence-corrected chi connectivity index (χ2v) is 6.76. The molecule has 0 atom stereocenters. The van der Waals surface area contributed by atoms with Gasteiger partial charge in [0.1, 0.15) is 17.3 Å². The summed E-state index contributed by atoms with van der Waals surface area (Å²) in [5.74, 6) is 2.08. The third kappa shape index (κ3) is 4.80. The van der Waals surface area contributed by atoms with Crippen molar-refractivity contribution in [1.82, 2.24) is 15.2 Å². The summed E-state index contributed by atoms with van der Waals surface area (Å²) in [5.41, 5.74) is 2.99. The van der Waals surface area contributed by atoms with Crippen LogP contribution in [0.15, 0.2) is 47.6 Å². The predicted molar refractivity (Wildman–Crippen MR) is 114 cm³/mol. The molecule has 0 aliphatic carbocycles. The first-order valence-electron chi connectivity index (χ1n) is 9.44. The molecule has 0 amide bonds. The Hall–Kier alpha value is -3.22. The average Bonchev–Trinajstić information content (AvgIpc) is 3.13. The van der Waals surface area contributed by atoms with Crippen molar-refractivity contribution in [2.24, 2.45) is 4.99 Å². The zero-order valence-electron chi connectivity index (χ0n) is 17.3. The summed E-state index contributed by atoms with van der Waals surface area (Å²) in [6, 6.07) is 10.6. The summed E-state index contributed by atoms with van der Waals surface area (Å²) >= 11 is 0. The maximum Gasteiger partial charge on any atom is 0.193 e. The Bertz CT molecular complexity index is 1000. The van der Waals surface area contributed by atoms with Crippen LogP contribution >= 0.6 is 0 Å². The van der Waals surface area contributed by atoms with Gasteiger partial charge in [-0.2, -0.15) is 0 Å². The van der Waals surface area contributed by atoms with Crippen LogP contribution in [0.4, 0.5) is 4.39 Å². The molecule has 0 radical (unpaired) electrons. The van der Waals surface area contributed by atoms with Crippen molar-refractivity contribution in [2.75, 3.05) is 34.9 Å². The van der Waals surface area contributed by atoms with Crippen LogP contribution in [0.3, 0.4) is 0 Å². The van der Waals surface area contributed by atoms with E-state index in [1.165, 1.54) is 12.1 Å². The van der Waals surface area contributed by atoms with E-state index >= 15 is 0 Å². The molecule has 0 bridgehead atoms. The molecule has 0 spiro atoms. The molecule has 154 valence electrons. The number of ether oxygens (including phenoxy) is 2. The number of aromatic nitrogens is 1. The van der Waals surface area contributed by atoms with Gasteiger partial charge in [-0.1, -0.05) is 0 Å². The molecule has 7 heteroatoms. The molecule has 2 N–H and O–H groups in total. The van der Waals surface area contributed by atoms with Crippen molar-refractivity contribution >= 4 is 16.9 Å². The van der Waals surface area contributed by atoms with Gasteiger partial charge in [0.2, 0.25) is 0 Å². The van der Waals surface area contributed by atoms with Gasteiger partial charge in [0.15, 0.2) is 5.96 Å². The number of aromatic amines is 1. The summed E-state index contributed by atoms with van der Waals surface area (Å²) in [6.07, 6.45) is 2.73. The fourth-order valence-corrected chi connectivity index (χ4v) is 3.37. The fraction of sp³-hybridized carbons (Fsp3) is 0.318. The van der Waals surface area contributed by atoms with Crippen LogP contribution in [0, 0.1) is 5.82 Å². The number of halogens is 1. The number of hydrogen-bond donors (Lipinski definition) is 2. The summed E-state index contributed by atoms with van der Waals surface area (Å²) in [7, 11) is 7.03. The summed E-state index contributed by atoms with van der Waals surface area (Å²) in [6.45, 7) is 1.35. The van der Waals surface area contributed by atoms with E-state index in [4.69, 9.17) is 9.47 Å². The lowest BCUT2D eigenvalue weighted by molar-refractivity contribution is 0.382. The highest BCUT2D eigenvalue weighted by Crippen LogP contribution is 2.25. The van der Waals surface area contributed by atoms with E-state index in [2.05, 4.69) is 15.3 Å². The van der Waals surface area contributed by atoms with E-state index < -0.39 is 0 Å². The molecule has 0 unspecified atom stereocenters. The van der Waals surface area contributed by atoms with Crippen LogP contribution in [0.1, 0.15) is 11.1 Å². The van der Waals surface area contributed by atoms with Crippen LogP contribution in [0.2, 0.25) is 0 Å². The van der Waals surface area contributed by atoms with E-state index in [0.29, 0.717) is 13.1 Å². The molecule has 0 saturated heterocycles. The van der Waals surface area contributed by atoms with Crippen molar-refractivity contribution in [3.05, 3.63) is 59.5 Å². The number of methoxy groups -OCH3 is 2. The SMILES string of the molecule is CN=C(NCCc1c[nH]c2cc(F)ccc12)N(C)Cc1ccc(OC)cc1OC. The molecular weight excluding hydrogens is 371 g/mol. The van der Waals surface area contributed by atoms with Gasteiger partial charge in [-0.05, 0) is 42.3 Å². The third-order valence-electron chi connectivity index (χ3n) is 4.88. The number of hydrogen-bond acceptors (Lipinski definition) is 3. The largest absolute Gasteiger partial charge is 0.497 e. The summed E-state index contributed by atoms with van der Waals surface area (Å²) in [5, 5.41) is 4.43. The highest BCUT2D eigenvalue weighted by molar-refractivity contribution is 5.83. The van der Waals surface area contributed by atoms with Crippen molar-refractivity contribution in [3.63, 3.8) is 0 Å². The van der Waals surface area contributed by atoms with Crippen molar-refractivity contribution in [3.8, 4) is 11.5 Å². The normalized spacial score (nSPS) is 11.6. The van der Waals surface area contributed by atoms with Gasteiger partial charge in [0.05, 0.1) is 14.2 Å². The van der Waals surface area contributed by atoms with E-state index in [1.807, 2.05) is 42.4 Å². The minimum atomic E-state index is -0.236. The number of guanidine groups is 1. The Balaban J connectivity index is 1.61. The number of benzene rings is 2. The van der Waals surface area contributed by atoms with Crippen LogP contribution in [-0.2, 0) is 13.0 Å². The molecule has 0 aliphatic rings. The third-order valence-corrected chi connectivity index (χ3v) is 4.88. The van der Waals surface area contributed by atoms with E-state index in [1.54, 1.807) is 21.3 Å². The van der Waals surface area contributed by atoms with Crippen molar-refractivity contribution in [1.29, 1.82) is 0 Å². The molecule has 0 aliphatic heterocycles. The molecule has 0 saturated carbocycles. The van der Waals surface area contributed by atoms with Gasteiger partial charge in [-0.25, -0.2) is 4.39 Å². The monoisotopic (exact) mass is 398 g/mol. The van der Waals surface area contributed by atoms with Gasteiger partial charge in [0.25, 0.3) is 0 Å². The van der Waals surface area contributed by atoms with E-state index in [-0.39, 0.29) is 5.82 Å². The number of rotatable bonds is 7. The number of aliphatic imine (C=N–C) groups is 1. The number of nitrogens with one attached hydrogen (secondary N) is 2. The minimum absolute atomic E-state index is 0.236. The molecule has 29 heavy (non-hydrogen) atoms. The Morgan fingerprint density at radius 1 is 1.14 bits per heavy atom. The molecule has 3 aromatic rings. The fourth-order valence-electron chi connectivity index (χ4n) is 3.37. The predicted octanol–water partition coefficient (Wildman–Crippen LogP) is 3.57. The quantitative estimate of drug-likeness (QED) is 0.472. The number of nitrogens with zero attached hydrogens (tertiary/aromatic N) is 2. The van der Waals surface area contributed by atoms with Crippen LogP contribution in [-0.4, -0.2) is 50.7 Å². The highest BCUT2D eigenvalue weighted by Gasteiger charge is 2.12. The lowest BCUT2D eigenvalue weighted by Gasteiger charge is -2.23. The smallest absolute Gasteiger partial charge is 0.193 e. The lowest BCUT2D eigenvalue weighted by Crippen LogP contribution is -2.39. The average molecular weight is 398 g/mol. The molecule has 1 heterocycles. The van der Waals surface area contributed by atoms with Gasteiger partial charge in [-0.15, -0.1) is 0 Å². The first-order chi connectivity index (χ1) is 14.0. The summed E-state index contributed by atoms with van der Waals surface area (Å²) < 4.78 is 24.1. The first kappa shape index (κ1) is 20.5. The van der Waals surface area contributed by atoms with Gasteiger partial charge < -0.3 is 24.7 Å². The second kappa shape index (κ2) is 9.32. The van der Waals surface area contributed by atoms with E-state index in [9.17, 15) is 4.39 Å². The first-order valence-corrected chi connectivity index (χ1v) is 9.44. The maximum atomic E-state index is 13.3. The van der Waals surface area contributed by atoms with Gasteiger partial charge >= 0.3 is 0 Å². The summed E-state index contributed by atoms with van der Waals surface area (Å²) in [4.78, 5) is 9.54. The lowest BCUT2D eigenvalue weighted by atomic mass is 10.1. The molecule has 6 nitrogen and oxygen atoms in total. The van der Waals surface area contributed by atoms with Gasteiger partial charge in [0, 0.05) is 55.9 Å². The van der Waals surface area contributed by atoms with Crippen LogP contribution in [0.5, 0.6) is 11.5 Å². The Morgan fingerprint density at radius 2 is 1.97 bits per heavy atom. The molecule has 0 fully saturated rings. The standard InChI is InChI=1S/C22H27FN4O2/c1-24-22(27(2)14-16-5-7-18(28-3)12-21(16)29-4)25-10-9-15-13-26-20-11-17(23)6-8-19(15)20/h5-8,11-13,26H,9-10,14H2,1-4H3,(H,24,25). The van der Waals surface area contributed by atoms with Crippen LogP contribution < -0.4 is 14.8 Å². The number of fused-ring (bicyclic) bond motifs is 1. The number of H-pyrrole nitrogens is 1. The van der Waals surface area contributed by atoms with Crippen molar-refractivity contribution in [2.45, 2.75) is 13.0 Å². The minimum Gasteiger partial charge on any atom is -0.497 e. The zero-order valence-corrected chi connectivity index (χ0v) is 17.3. The van der Waals surface area contributed by atoms with E-state index in [0.717, 1.165) is 45.9 Å². The van der Waals surface area contributed by atoms with Gasteiger partial charge in [-0.3, -0.25) is 4.99 Å². The molecule has 3 rings (SSSR count). The Labute approximate surface area is 170 Å². The second-order valence-electron chi connectivity index (χ2n) is 6.76. The molecule has 2 aromatic carbocycles. The Morgan fingerprint density at radius 3 is 2.69 bits per heavy atom. The highest BCUT2D eigenvalue weighted by atomic mass is 19.1. The topological polar surface area (TPSA) is 61.9 Å². The maximum absolute atomic E-state index is 13.3. The van der Waals surface area contributed by atoms with Crippen molar-refractivity contribution < 1.29 is 13.9 Å². The van der Waals surface area contributed by atoms with Crippen LogP contribution in [0.25, 0.3) is 10.9 Å². The zero-order chi connectivity index (χ0) is 20.8. The molecule has 1 aromatic heterocycles. The molecular formula is C22H27FN4O2.